The van der Waals surface area contributed by atoms with Gasteiger partial charge in [0, 0.05) is 21.1 Å². The normalized spacial score (nSPS) is 20.9. The Morgan fingerprint density at radius 3 is 2.44 bits per heavy atom. The second-order valence-electron chi connectivity index (χ2n) is 3.29. The zero-order valence-corrected chi connectivity index (χ0v) is 10.8. The molecule has 0 saturated carbocycles. The Bertz CT molecular complexity index is 459. The van der Waals surface area contributed by atoms with E-state index in [9.17, 15) is 14.4 Å². The molecular weight excluding hydrogens is 264 g/mol. The van der Waals surface area contributed by atoms with Gasteiger partial charge in [0.2, 0.25) is 5.71 Å². The summed E-state index contributed by atoms with van der Waals surface area (Å²) in [5.74, 6) is -1.89. The molecule has 1 fully saturated rings. The minimum atomic E-state index is -0.811. The van der Waals surface area contributed by atoms with Gasteiger partial charge in [0.15, 0.2) is 5.84 Å². The summed E-state index contributed by atoms with van der Waals surface area (Å²) in [6, 6.07) is -0.553. The predicted octanol–water partition coefficient (Wildman–Crippen LogP) is -0.324. The molecule has 0 spiro atoms. The topological polar surface area (TPSA) is 91.6 Å². The van der Waals surface area contributed by atoms with Crippen LogP contribution in [-0.4, -0.2) is 66.3 Å². The Morgan fingerprint density at radius 2 is 1.94 bits per heavy atom. The van der Waals surface area contributed by atoms with Crippen LogP contribution in [0.5, 0.6) is 0 Å². The average Bonchev–Trinajstić information content (AvgIpc) is 2.38. The van der Waals surface area contributed by atoms with Crippen molar-refractivity contribution in [2.75, 3.05) is 27.0 Å². The molecule has 8 nitrogen and oxygen atoms in total. The van der Waals surface area contributed by atoms with Crippen molar-refractivity contribution in [2.45, 2.75) is 0 Å². The molecule has 0 N–H and O–H groups in total. The van der Waals surface area contributed by atoms with Gasteiger partial charge >= 0.3 is 12.0 Å². The van der Waals surface area contributed by atoms with E-state index >= 15 is 0 Å². The Morgan fingerprint density at radius 1 is 1.33 bits per heavy atom. The Labute approximate surface area is 108 Å². The molecule has 0 aromatic heterocycles. The molecule has 0 aromatic rings. The van der Waals surface area contributed by atoms with E-state index in [-0.39, 0.29) is 11.5 Å². The number of nitrogens with zero attached hydrogens (tertiary/aromatic N) is 4. The molecule has 1 heterocycles. The number of imide groups is 1. The summed E-state index contributed by atoms with van der Waals surface area (Å²) in [4.78, 5) is 44.4. The fourth-order valence-corrected chi connectivity index (χ4v) is 1.32. The highest BCUT2D eigenvalue weighted by atomic mass is 35.5. The van der Waals surface area contributed by atoms with Gasteiger partial charge in [0.25, 0.3) is 5.91 Å². The van der Waals surface area contributed by atoms with Crippen LogP contribution in [0.4, 0.5) is 4.79 Å². The van der Waals surface area contributed by atoms with Gasteiger partial charge in [-0.2, -0.15) is 0 Å². The largest absolute Gasteiger partial charge is 0.349 e. The smallest absolute Gasteiger partial charge is 0.316 e. The third-order valence-electron chi connectivity index (χ3n) is 2.17. The van der Waals surface area contributed by atoms with Gasteiger partial charge in [-0.3, -0.25) is 19.6 Å². The van der Waals surface area contributed by atoms with E-state index in [0.29, 0.717) is 0 Å². The number of urea groups is 1. The standard InChI is InChI=1S/C9H11ClN4O4/c1-11-7-6(12-18-5(15)4-10)8(16)14(3)9(17)13(7)2/h4H2,1-3H3/b11-7?,12-6-. The van der Waals surface area contributed by atoms with Crippen molar-refractivity contribution >= 4 is 41.1 Å². The number of carbonyl (C=O) groups is 3. The van der Waals surface area contributed by atoms with Crippen LogP contribution in [0.2, 0.25) is 0 Å². The molecule has 0 radical (unpaired) electrons. The van der Waals surface area contributed by atoms with E-state index in [1.165, 1.54) is 21.1 Å². The minimum absolute atomic E-state index is 0.0190. The summed E-state index contributed by atoms with van der Waals surface area (Å²) in [7, 11) is 4.09. The first-order chi connectivity index (χ1) is 8.43. The van der Waals surface area contributed by atoms with Crippen molar-refractivity contribution in [3.63, 3.8) is 0 Å². The van der Waals surface area contributed by atoms with E-state index in [1.54, 1.807) is 0 Å². The van der Waals surface area contributed by atoms with Crippen LogP contribution >= 0.6 is 11.6 Å². The third-order valence-corrected chi connectivity index (χ3v) is 2.39. The molecule has 1 aliphatic heterocycles. The van der Waals surface area contributed by atoms with Crippen molar-refractivity contribution in [3.8, 4) is 0 Å². The summed E-state index contributed by atoms with van der Waals surface area (Å²) in [5, 5.41) is 3.39. The maximum absolute atomic E-state index is 11.8. The van der Waals surface area contributed by atoms with Crippen molar-refractivity contribution in [1.29, 1.82) is 0 Å². The highest BCUT2D eigenvalue weighted by molar-refractivity contribution is 6.69. The molecule has 98 valence electrons. The second-order valence-corrected chi connectivity index (χ2v) is 3.56. The highest BCUT2D eigenvalue weighted by Gasteiger charge is 2.38. The van der Waals surface area contributed by atoms with Gasteiger partial charge in [-0.15, -0.1) is 11.6 Å². The van der Waals surface area contributed by atoms with Gasteiger partial charge in [0.05, 0.1) is 0 Å². The van der Waals surface area contributed by atoms with Crippen LogP contribution in [0.3, 0.4) is 0 Å². The zero-order valence-electron chi connectivity index (χ0n) is 10.0. The maximum Gasteiger partial charge on any atom is 0.349 e. The number of rotatable bonds is 2. The first-order valence-corrected chi connectivity index (χ1v) is 5.34. The Kier molecular flexibility index (Phi) is 4.38. The summed E-state index contributed by atoms with van der Waals surface area (Å²) >= 11 is 5.22. The van der Waals surface area contributed by atoms with E-state index in [0.717, 1.165) is 9.80 Å². The molecule has 1 rings (SSSR count). The van der Waals surface area contributed by atoms with Crippen LogP contribution in [-0.2, 0) is 14.4 Å². The van der Waals surface area contributed by atoms with E-state index in [1.807, 2.05) is 0 Å². The number of oxime groups is 1. The number of carbonyl (C=O) groups excluding carboxylic acids is 3. The number of alkyl halides is 1. The van der Waals surface area contributed by atoms with E-state index < -0.39 is 23.8 Å². The first kappa shape index (κ1) is 14.1. The van der Waals surface area contributed by atoms with Crippen LogP contribution in [0.15, 0.2) is 10.1 Å². The summed E-state index contributed by atoms with van der Waals surface area (Å²) < 4.78 is 0. The fourth-order valence-electron chi connectivity index (χ4n) is 1.27. The van der Waals surface area contributed by atoms with Crippen molar-refractivity contribution in [2.24, 2.45) is 10.1 Å². The molecule has 0 bridgehead atoms. The highest BCUT2D eigenvalue weighted by Crippen LogP contribution is 2.08. The van der Waals surface area contributed by atoms with Crippen LogP contribution < -0.4 is 0 Å². The minimum Gasteiger partial charge on any atom is -0.316 e. The maximum atomic E-state index is 11.8. The van der Waals surface area contributed by atoms with Crippen molar-refractivity contribution < 1.29 is 19.2 Å². The molecule has 0 atom stereocenters. The molecule has 0 aliphatic carbocycles. The fraction of sp³-hybridized carbons (Fsp3) is 0.444. The Balaban J connectivity index is 3.10. The zero-order chi connectivity index (χ0) is 13.9. The van der Waals surface area contributed by atoms with Gasteiger partial charge in [0.1, 0.15) is 5.88 Å². The Hall–Kier alpha value is -1.96. The molecule has 1 saturated heterocycles. The number of hydrogen-bond acceptors (Lipinski definition) is 6. The monoisotopic (exact) mass is 274 g/mol. The summed E-state index contributed by atoms with van der Waals surface area (Å²) in [6.45, 7) is 0. The molecule has 0 unspecified atom stereocenters. The van der Waals surface area contributed by atoms with Crippen molar-refractivity contribution in [3.05, 3.63) is 0 Å². The number of hydrogen-bond donors (Lipinski definition) is 0. The predicted molar refractivity (Wildman–Crippen MR) is 63.5 cm³/mol. The molecule has 3 amide bonds. The molecule has 18 heavy (non-hydrogen) atoms. The van der Waals surface area contributed by atoms with Crippen LogP contribution in [0, 0.1) is 0 Å². The van der Waals surface area contributed by atoms with Gasteiger partial charge in [-0.05, 0) is 0 Å². The van der Waals surface area contributed by atoms with E-state index in [2.05, 4.69) is 15.0 Å². The summed E-state index contributed by atoms with van der Waals surface area (Å²) in [6.07, 6.45) is 0. The SMILES string of the molecule is CN=C1/C(=N/OC(=O)CCl)C(=O)N(C)C(=O)N1C. The molecule has 0 aromatic carbocycles. The average molecular weight is 275 g/mol. The van der Waals surface area contributed by atoms with E-state index in [4.69, 9.17) is 11.6 Å². The lowest BCUT2D eigenvalue weighted by molar-refractivity contribution is -0.140. The quantitative estimate of drug-likeness (QED) is 0.392. The molecule has 9 heteroatoms. The number of amidine groups is 1. The third kappa shape index (κ3) is 2.48. The lowest BCUT2D eigenvalue weighted by atomic mass is 10.2. The molecule has 1 aliphatic rings. The van der Waals surface area contributed by atoms with Gasteiger partial charge in [-0.1, -0.05) is 5.16 Å². The van der Waals surface area contributed by atoms with Crippen LogP contribution in [0.1, 0.15) is 0 Å². The number of halogens is 1. The van der Waals surface area contributed by atoms with Gasteiger partial charge in [-0.25, -0.2) is 9.59 Å². The lowest BCUT2D eigenvalue weighted by Crippen LogP contribution is -2.57. The molecular formula is C9H11ClN4O4. The van der Waals surface area contributed by atoms with Gasteiger partial charge < -0.3 is 4.84 Å². The number of amides is 3. The van der Waals surface area contributed by atoms with Crippen LogP contribution in [0.25, 0.3) is 0 Å². The first-order valence-electron chi connectivity index (χ1n) is 4.80. The second kappa shape index (κ2) is 5.58. The van der Waals surface area contributed by atoms with Crippen molar-refractivity contribution in [1.82, 2.24) is 9.80 Å². The number of aliphatic imine (C=N–C) groups is 1. The lowest BCUT2D eigenvalue weighted by Gasteiger charge is -2.30. The summed E-state index contributed by atoms with van der Waals surface area (Å²) in [5.41, 5.74) is -0.236.